The molecule has 0 aromatic rings. The number of nitrogens with zero attached hydrogens (tertiary/aromatic N) is 1. The third kappa shape index (κ3) is 4.91. The van der Waals surface area contributed by atoms with Crippen molar-refractivity contribution in [2.75, 3.05) is 25.4 Å². The van der Waals surface area contributed by atoms with Crippen LogP contribution in [0.3, 0.4) is 0 Å². The molecule has 8 heteroatoms. The van der Waals surface area contributed by atoms with Gasteiger partial charge < -0.3 is 0 Å². The summed E-state index contributed by atoms with van der Waals surface area (Å²) < 4.78 is 51.9. The van der Waals surface area contributed by atoms with Crippen molar-refractivity contribution in [3.8, 4) is 0 Å². The minimum Gasteiger partial charge on any atom is -0.215 e. The fraction of sp³-hybridized carbons (Fsp3) is 1.00. The van der Waals surface area contributed by atoms with E-state index in [-0.39, 0.29) is 16.9 Å². The summed E-state index contributed by atoms with van der Waals surface area (Å²) in [4.78, 5) is 0. The summed E-state index contributed by atoms with van der Waals surface area (Å²) in [7, 11) is -6.24. The predicted octanol–water partition coefficient (Wildman–Crippen LogP) is 0.910. The van der Waals surface area contributed by atoms with Crippen LogP contribution in [0.1, 0.15) is 45.4 Å². The lowest BCUT2D eigenvalue weighted by Gasteiger charge is -2.31. The van der Waals surface area contributed by atoms with Gasteiger partial charge in [-0.1, -0.05) is 13.3 Å². The summed E-state index contributed by atoms with van der Waals surface area (Å²) in [6, 6.07) is 0. The van der Waals surface area contributed by atoms with Crippen molar-refractivity contribution < 1.29 is 16.8 Å². The molecule has 1 saturated heterocycles. The van der Waals surface area contributed by atoms with E-state index in [0.29, 0.717) is 26.1 Å². The maximum atomic E-state index is 12.1. The summed E-state index contributed by atoms with van der Waals surface area (Å²) >= 11 is 0. The van der Waals surface area contributed by atoms with Crippen LogP contribution in [0.25, 0.3) is 0 Å². The van der Waals surface area contributed by atoms with E-state index in [4.69, 9.17) is 0 Å². The third-order valence-corrected chi connectivity index (χ3v) is 8.07. The minimum absolute atomic E-state index is 0.151. The molecule has 0 aromatic heterocycles. The SMILES string of the molecule is CCCCS(=O)(=O)NCC1CCN(S(=O)(=O)C2CC2)CC1. The molecule has 0 radical (unpaired) electrons. The number of sulfonamides is 2. The lowest BCUT2D eigenvalue weighted by Crippen LogP contribution is -2.43. The molecular weight excluding hydrogens is 312 g/mol. The van der Waals surface area contributed by atoms with E-state index in [9.17, 15) is 16.8 Å². The van der Waals surface area contributed by atoms with Crippen LogP contribution in [0.5, 0.6) is 0 Å². The quantitative estimate of drug-likeness (QED) is 0.713. The van der Waals surface area contributed by atoms with Crippen molar-refractivity contribution in [2.45, 2.75) is 50.7 Å². The predicted molar refractivity (Wildman–Crippen MR) is 82.9 cm³/mol. The van der Waals surface area contributed by atoms with Gasteiger partial charge in [-0.2, -0.15) is 0 Å². The number of unbranched alkanes of at least 4 members (excludes halogenated alkanes) is 1. The van der Waals surface area contributed by atoms with E-state index in [1.165, 1.54) is 0 Å². The van der Waals surface area contributed by atoms with Crippen LogP contribution < -0.4 is 4.72 Å². The maximum absolute atomic E-state index is 12.1. The number of rotatable bonds is 8. The van der Waals surface area contributed by atoms with Gasteiger partial charge in [-0.15, -0.1) is 0 Å². The zero-order valence-electron chi connectivity index (χ0n) is 12.6. The monoisotopic (exact) mass is 338 g/mol. The third-order valence-electron chi connectivity index (χ3n) is 4.24. The summed E-state index contributed by atoms with van der Waals surface area (Å²) in [6.07, 6.45) is 4.59. The van der Waals surface area contributed by atoms with Gasteiger partial charge >= 0.3 is 0 Å². The second kappa shape index (κ2) is 6.93. The molecule has 1 aliphatic heterocycles. The Hall–Kier alpha value is -0.180. The first-order valence-corrected chi connectivity index (χ1v) is 11.0. The van der Waals surface area contributed by atoms with Gasteiger partial charge in [0, 0.05) is 19.6 Å². The molecule has 21 heavy (non-hydrogen) atoms. The number of hydrogen-bond donors (Lipinski definition) is 1. The molecule has 124 valence electrons. The van der Waals surface area contributed by atoms with Crippen molar-refractivity contribution in [3.63, 3.8) is 0 Å². The van der Waals surface area contributed by atoms with E-state index in [2.05, 4.69) is 4.72 Å². The summed E-state index contributed by atoms with van der Waals surface area (Å²) in [5.41, 5.74) is 0. The van der Waals surface area contributed by atoms with E-state index in [0.717, 1.165) is 32.1 Å². The van der Waals surface area contributed by atoms with Gasteiger partial charge in [-0.25, -0.2) is 25.9 Å². The van der Waals surface area contributed by atoms with Gasteiger partial charge in [0.15, 0.2) is 0 Å². The molecule has 0 bridgehead atoms. The molecule has 6 nitrogen and oxygen atoms in total. The van der Waals surface area contributed by atoms with Crippen LogP contribution in [0, 0.1) is 5.92 Å². The van der Waals surface area contributed by atoms with E-state index in [1.54, 1.807) is 4.31 Å². The Bertz CT molecular complexity index is 533. The second-order valence-electron chi connectivity index (χ2n) is 6.11. The van der Waals surface area contributed by atoms with Crippen LogP contribution in [0.4, 0.5) is 0 Å². The molecule has 0 unspecified atom stereocenters. The Morgan fingerprint density at radius 1 is 1.05 bits per heavy atom. The average molecular weight is 338 g/mol. The summed E-state index contributed by atoms with van der Waals surface area (Å²) in [5.74, 6) is 0.422. The van der Waals surface area contributed by atoms with E-state index < -0.39 is 20.0 Å². The first-order valence-electron chi connectivity index (χ1n) is 7.81. The zero-order chi connectivity index (χ0) is 15.5. The number of piperidine rings is 1. The van der Waals surface area contributed by atoms with Gasteiger partial charge in [0.05, 0.1) is 11.0 Å². The molecule has 0 amide bonds. The van der Waals surface area contributed by atoms with Crippen LogP contribution in [0.2, 0.25) is 0 Å². The fourth-order valence-corrected chi connectivity index (χ4v) is 5.77. The standard InChI is InChI=1S/C13H26N2O4S2/c1-2-3-10-20(16,17)14-11-12-6-8-15(9-7-12)21(18,19)13-4-5-13/h12-14H,2-11H2,1H3. The zero-order valence-corrected chi connectivity index (χ0v) is 14.3. The van der Waals surface area contributed by atoms with Gasteiger partial charge in [0.2, 0.25) is 20.0 Å². The van der Waals surface area contributed by atoms with Gasteiger partial charge in [0.25, 0.3) is 0 Å². The lowest BCUT2D eigenvalue weighted by molar-refractivity contribution is 0.274. The minimum atomic E-state index is -3.17. The Morgan fingerprint density at radius 2 is 1.67 bits per heavy atom. The normalized spacial score (nSPS) is 22.5. The molecule has 2 fully saturated rings. The van der Waals surface area contributed by atoms with Crippen LogP contribution in [0.15, 0.2) is 0 Å². The molecule has 0 spiro atoms. The highest BCUT2D eigenvalue weighted by atomic mass is 32.2. The van der Waals surface area contributed by atoms with Crippen molar-refractivity contribution in [1.29, 1.82) is 0 Å². The Balaban J connectivity index is 1.74. The van der Waals surface area contributed by atoms with Crippen LogP contribution in [-0.4, -0.2) is 51.8 Å². The van der Waals surface area contributed by atoms with Crippen molar-refractivity contribution in [1.82, 2.24) is 9.03 Å². The molecule has 2 rings (SSSR count). The highest BCUT2D eigenvalue weighted by Gasteiger charge is 2.41. The molecule has 1 N–H and O–H groups in total. The van der Waals surface area contributed by atoms with Gasteiger partial charge in [0.1, 0.15) is 0 Å². The van der Waals surface area contributed by atoms with Gasteiger partial charge in [-0.05, 0) is 38.0 Å². The molecular formula is C13H26N2O4S2. The highest BCUT2D eigenvalue weighted by molar-refractivity contribution is 7.90. The molecule has 1 heterocycles. The van der Waals surface area contributed by atoms with Crippen molar-refractivity contribution in [3.05, 3.63) is 0 Å². The Labute approximate surface area is 128 Å². The average Bonchev–Trinajstić information content (AvgIpc) is 3.29. The lowest BCUT2D eigenvalue weighted by atomic mass is 9.99. The maximum Gasteiger partial charge on any atom is 0.216 e. The molecule has 2 aliphatic rings. The topological polar surface area (TPSA) is 83.6 Å². The molecule has 1 saturated carbocycles. The molecule has 1 aliphatic carbocycles. The first-order chi connectivity index (χ1) is 9.85. The van der Waals surface area contributed by atoms with Crippen LogP contribution in [-0.2, 0) is 20.0 Å². The van der Waals surface area contributed by atoms with E-state index >= 15 is 0 Å². The fourth-order valence-electron chi connectivity index (χ4n) is 2.60. The van der Waals surface area contributed by atoms with Crippen molar-refractivity contribution >= 4 is 20.0 Å². The molecule has 0 aromatic carbocycles. The second-order valence-corrected chi connectivity index (χ2v) is 10.2. The Kier molecular flexibility index (Phi) is 5.67. The summed E-state index contributed by atoms with van der Waals surface area (Å²) in [6.45, 7) is 3.45. The number of hydrogen-bond acceptors (Lipinski definition) is 4. The van der Waals surface area contributed by atoms with Crippen LogP contribution >= 0.6 is 0 Å². The first kappa shape index (κ1) is 17.2. The highest BCUT2D eigenvalue weighted by Crippen LogP contribution is 2.33. The van der Waals surface area contributed by atoms with Crippen molar-refractivity contribution in [2.24, 2.45) is 5.92 Å². The van der Waals surface area contributed by atoms with Gasteiger partial charge in [-0.3, -0.25) is 0 Å². The summed E-state index contributed by atoms with van der Waals surface area (Å²) in [5, 5.41) is -0.151. The molecule has 0 atom stereocenters. The smallest absolute Gasteiger partial charge is 0.215 e. The largest absolute Gasteiger partial charge is 0.216 e. The Morgan fingerprint density at radius 3 is 2.19 bits per heavy atom. The number of nitrogens with one attached hydrogen (secondary N) is 1. The van der Waals surface area contributed by atoms with E-state index in [1.807, 2.05) is 6.92 Å².